The lowest BCUT2D eigenvalue weighted by molar-refractivity contribution is -0.151. The van der Waals surface area contributed by atoms with Gasteiger partial charge in [0.25, 0.3) is 0 Å². The van der Waals surface area contributed by atoms with Crippen LogP contribution in [0.4, 0.5) is 0 Å². The second kappa shape index (κ2) is 5.76. The summed E-state index contributed by atoms with van der Waals surface area (Å²) in [6.45, 7) is 14.4. The Labute approximate surface area is 128 Å². The predicted molar refractivity (Wildman–Crippen MR) is 85.3 cm³/mol. The number of rotatable bonds is 5. The standard InChI is InChI=1S/C17H28N2O2/c1-15(2,3)13-8-12(9-18-11-13)10-19-17(6,7)16(4,5)14(20)21/h8-9,11,19H,10H2,1-7H3,(H,20,21). The van der Waals surface area contributed by atoms with E-state index in [1.807, 2.05) is 26.2 Å². The maximum atomic E-state index is 11.4. The lowest BCUT2D eigenvalue weighted by Crippen LogP contribution is -2.54. The van der Waals surface area contributed by atoms with E-state index >= 15 is 0 Å². The fourth-order valence-electron chi connectivity index (χ4n) is 1.81. The summed E-state index contributed by atoms with van der Waals surface area (Å²) in [5.41, 5.74) is 0.908. The first kappa shape index (κ1) is 17.6. The number of pyridine rings is 1. The molecule has 0 saturated heterocycles. The van der Waals surface area contributed by atoms with Crippen molar-refractivity contribution in [2.24, 2.45) is 5.41 Å². The van der Waals surface area contributed by atoms with Crippen LogP contribution in [0, 0.1) is 5.41 Å². The molecule has 1 aromatic rings. The van der Waals surface area contributed by atoms with Gasteiger partial charge in [-0.25, -0.2) is 0 Å². The monoisotopic (exact) mass is 292 g/mol. The van der Waals surface area contributed by atoms with E-state index < -0.39 is 16.9 Å². The average molecular weight is 292 g/mol. The van der Waals surface area contributed by atoms with E-state index in [9.17, 15) is 9.90 Å². The van der Waals surface area contributed by atoms with Gasteiger partial charge in [-0.05, 0) is 44.2 Å². The molecule has 0 spiro atoms. The summed E-state index contributed by atoms with van der Waals surface area (Å²) in [6, 6.07) is 2.13. The molecular formula is C17H28N2O2. The number of hydrogen-bond donors (Lipinski definition) is 2. The van der Waals surface area contributed by atoms with Crippen LogP contribution in [-0.2, 0) is 16.8 Å². The number of carboxylic acid groups (broad SMARTS) is 1. The largest absolute Gasteiger partial charge is 0.481 e. The molecule has 0 fully saturated rings. The van der Waals surface area contributed by atoms with Crippen molar-refractivity contribution in [2.45, 2.75) is 66.0 Å². The van der Waals surface area contributed by atoms with Crippen molar-refractivity contribution in [3.8, 4) is 0 Å². The van der Waals surface area contributed by atoms with E-state index in [4.69, 9.17) is 0 Å². The Morgan fingerprint density at radius 1 is 1.14 bits per heavy atom. The summed E-state index contributed by atoms with van der Waals surface area (Å²) in [5.74, 6) is -0.804. The molecule has 4 heteroatoms. The Balaban J connectivity index is 2.87. The van der Waals surface area contributed by atoms with E-state index in [-0.39, 0.29) is 5.41 Å². The van der Waals surface area contributed by atoms with Gasteiger partial charge in [-0.2, -0.15) is 0 Å². The second-order valence-electron chi connectivity index (χ2n) is 7.74. The fourth-order valence-corrected chi connectivity index (χ4v) is 1.81. The van der Waals surface area contributed by atoms with Crippen LogP contribution >= 0.6 is 0 Å². The Bertz CT molecular complexity index is 514. The maximum Gasteiger partial charge on any atom is 0.310 e. The van der Waals surface area contributed by atoms with Crippen LogP contribution in [0.5, 0.6) is 0 Å². The van der Waals surface area contributed by atoms with E-state index in [1.165, 1.54) is 5.56 Å². The first-order valence-corrected chi connectivity index (χ1v) is 7.31. The Kier molecular flexibility index (Phi) is 4.83. The fraction of sp³-hybridized carbons (Fsp3) is 0.647. The summed E-state index contributed by atoms with van der Waals surface area (Å²) in [4.78, 5) is 15.7. The smallest absolute Gasteiger partial charge is 0.310 e. The van der Waals surface area contributed by atoms with Gasteiger partial charge in [-0.15, -0.1) is 0 Å². The molecular weight excluding hydrogens is 264 g/mol. The number of aliphatic carboxylic acids is 1. The SMILES string of the molecule is CC(C)(C)c1cncc(CNC(C)(C)C(C)(C)C(=O)O)c1. The van der Waals surface area contributed by atoms with Crippen LogP contribution < -0.4 is 5.32 Å². The van der Waals surface area contributed by atoms with Crippen LogP contribution in [0.3, 0.4) is 0 Å². The van der Waals surface area contributed by atoms with Crippen LogP contribution in [0.2, 0.25) is 0 Å². The molecule has 2 N–H and O–H groups in total. The van der Waals surface area contributed by atoms with Crippen LogP contribution in [0.1, 0.15) is 59.6 Å². The summed E-state index contributed by atoms with van der Waals surface area (Å²) in [6.07, 6.45) is 3.71. The van der Waals surface area contributed by atoms with Crippen molar-refractivity contribution in [3.05, 3.63) is 29.6 Å². The third-order valence-electron chi connectivity index (χ3n) is 4.49. The maximum absolute atomic E-state index is 11.4. The average Bonchev–Trinajstić information content (AvgIpc) is 2.35. The first-order chi connectivity index (χ1) is 9.38. The molecule has 0 bridgehead atoms. The molecule has 0 atom stereocenters. The normalized spacial score (nSPS) is 13.3. The van der Waals surface area contributed by atoms with Crippen LogP contribution in [-0.4, -0.2) is 21.6 Å². The molecule has 0 aliphatic heterocycles. The van der Waals surface area contributed by atoms with E-state index in [0.717, 1.165) is 5.56 Å². The third kappa shape index (κ3) is 4.03. The number of aromatic nitrogens is 1. The highest BCUT2D eigenvalue weighted by Crippen LogP contribution is 2.31. The Morgan fingerprint density at radius 2 is 1.71 bits per heavy atom. The van der Waals surface area contributed by atoms with Gasteiger partial charge in [0.2, 0.25) is 0 Å². The molecule has 0 aromatic carbocycles. The summed E-state index contributed by atoms with van der Waals surface area (Å²) in [7, 11) is 0. The van der Waals surface area contributed by atoms with Crippen LogP contribution in [0.25, 0.3) is 0 Å². The highest BCUT2D eigenvalue weighted by Gasteiger charge is 2.43. The topological polar surface area (TPSA) is 62.2 Å². The van der Waals surface area contributed by atoms with E-state index in [2.05, 4.69) is 37.1 Å². The molecule has 118 valence electrons. The predicted octanol–water partition coefficient (Wildman–Crippen LogP) is 3.36. The van der Waals surface area contributed by atoms with Crippen molar-refractivity contribution in [1.29, 1.82) is 0 Å². The summed E-state index contributed by atoms with van der Waals surface area (Å²) >= 11 is 0. The number of hydrogen-bond acceptors (Lipinski definition) is 3. The van der Waals surface area contributed by atoms with Gasteiger partial charge in [-0.1, -0.05) is 26.8 Å². The third-order valence-corrected chi connectivity index (χ3v) is 4.49. The van der Waals surface area contributed by atoms with Crippen molar-refractivity contribution in [3.63, 3.8) is 0 Å². The molecule has 0 radical (unpaired) electrons. The first-order valence-electron chi connectivity index (χ1n) is 7.31. The zero-order valence-electron chi connectivity index (χ0n) is 14.2. The molecule has 1 heterocycles. The van der Waals surface area contributed by atoms with Crippen molar-refractivity contribution in [2.75, 3.05) is 0 Å². The zero-order chi connectivity index (χ0) is 16.5. The molecule has 0 amide bonds. The van der Waals surface area contributed by atoms with E-state index in [1.54, 1.807) is 13.8 Å². The van der Waals surface area contributed by atoms with Crippen molar-refractivity contribution in [1.82, 2.24) is 10.3 Å². The molecule has 1 aromatic heterocycles. The Hall–Kier alpha value is -1.42. The number of carbonyl (C=O) groups is 1. The minimum absolute atomic E-state index is 0.0544. The molecule has 4 nitrogen and oxygen atoms in total. The number of nitrogens with one attached hydrogen (secondary N) is 1. The molecule has 0 saturated carbocycles. The summed E-state index contributed by atoms with van der Waals surface area (Å²) < 4.78 is 0. The molecule has 1 rings (SSSR count). The quantitative estimate of drug-likeness (QED) is 0.873. The van der Waals surface area contributed by atoms with Gasteiger partial charge in [0, 0.05) is 24.5 Å². The van der Waals surface area contributed by atoms with Gasteiger partial charge in [-0.3, -0.25) is 9.78 Å². The lowest BCUT2D eigenvalue weighted by atomic mass is 9.74. The molecule has 0 unspecified atom stereocenters. The van der Waals surface area contributed by atoms with Gasteiger partial charge in [0.15, 0.2) is 0 Å². The van der Waals surface area contributed by atoms with Crippen LogP contribution in [0.15, 0.2) is 18.5 Å². The van der Waals surface area contributed by atoms with Gasteiger partial charge in [0.05, 0.1) is 5.41 Å². The van der Waals surface area contributed by atoms with Crippen molar-refractivity contribution >= 4 is 5.97 Å². The minimum atomic E-state index is -0.859. The highest BCUT2D eigenvalue weighted by molar-refractivity contribution is 5.75. The van der Waals surface area contributed by atoms with Gasteiger partial charge < -0.3 is 10.4 Å². The Morgan fingerprint density at radius 3 is 2.19 bits per heavy atom. The molecule has 21 heavy (non-hydrogen) atoms. The minimum Gasteiger partial charge on any atom is -0.481 e. The summed E-state index contributed by atoms with van der Waals surface area (Å²) in [5, 5.41) is 12.7. The number of nitrogens with zero attached hydrogens (tertiary/aromatic N) is 1. The van der Waals surface area contributed by atoms with Crippen molar-refractivity contribution < 1.29 is 9.90 Å². The van der Waals surface area contributed by atoms with Gasteiger partial charge >= 0.3 is 5.97 Å². The highest BCUT2D eigenvalue weighted by atomic mass is 16.4. The second-order valence-corrected chi connectivity index (χ2v) is 7.74. The lowest BCUT2D eigenvalue weighted by Gasteiger charge is -2.39. The van der Waals surface area contributed by atoms with E-state index in [0.29, 0.717) is 6.54 Å². The van der Waals surface area contributed by atoms with Gasteiger partial charge in [0.1, 0.15) is 0 Å². The molecule has 0 aliphatic rings. The number of carboxylic acids is 1. The molecule has 0 aliphatic carbocycles. The zero-order valence-corrected chi connectivity index (χ0v) is 14.2.